The number of piperidine rings is 1. The SMILES string of the molecule is CN=C(NCCC1CCN(C)CC1)NCC(C)Oc1cccc(OC)c1.I. The van der Waals surface area contributed by atoms with Crippen LogP contribution in [0.4, 0.5) is 0 Å². The lowest BCUT2D eigenvalue weighted by Crippen LogP contribution is -2.42. The highest BCUT2D eigenvalue weighted by Gasteiger charge is 2.16. The average Bonchev–Trinajstić information content (AvgIpc) is 2.66. The number of nitrogens with zero attached hydrogens (tertiary/aromatic N) is 2. The number of benzene rings is 1. The largest absolute Gasteiger partial charge is 0.497 e. The van der Waals surface area contributed by atoms with Gasteiger partial charge in [0.1, 0.15) is 17.6 Å². The molecule has 2 rings (SSSR count). The highest BCUT2D eigenvalue weighted by molar-refractivity contribution is 14.0. The number of ether oxygens (including phenoxy) is 2. The molecule has 0 bridgehead atoms. The Morgan fingerprint density at radius 3 is 2.63 bits per heavy atom. The standard InChI is InChI=1S/C20H34N4O2.HI/c1-16(26-19-7-5-6-18(14-19)25-4)15-23-20(21-2)22-11-8-17-9-12-24(3)13-10-17;/h5-7,14,16-17H,8-13,15H2,1-4H3,(H2,21,22,23);1H. The summed E-state index contributed by atoms with van der Waals surface area (Å²) in [5.41, 5.74) is 0. The van der Waals surface area contributed by atoms with Crippen LogP contribution in [0.2, 0.25) is 0 Å². The number of nitrogens with one attached hydrogen (secondary N) is 2. The van der Waals surface area contributed by atoms with Crippen molar-refractivity contribution in [2.24, 2.45) is 10.9 Å². The average molecular weight is 490 g/mol. The van der Waals surface area contributed by atoms with Crippen molar-refractivity contribution in [1.82, 2.24) is 15.5 Å². The Hall–Kier alpha value is -1.22. The van der Waals surface area contributed by atoms with Gasteiger partial charge in [-0.3, -0.25) is 4.99 Å². The van der Waals surface area contributed by atoms with Crippen LogP contribution in [0.15, 0.2) is 29.3 Å². The van der Waals surface area contributed by atoms with Gasteiger partial charge in [-0.25, -0.2) is 0 Å². The van der Waals surface area contributed by atoms with Crippen LogP contribution in [0, 0.1) is 5.92 Å². The Kier molecular flexibility index (Phi) is 11.5. The number of halogens is 1. The number of methoxy groups -OCH3 is 1. The zero-order valence-electron chi connectivity index (χ0n) is 17.0. The lowest BCUT2D eigenvalue weighted by atomic mass is 9.94. The lowest BCUT2D eigenvalue weighted by molar-refractivity contribution is 0.212. The number of guanidine groups is 1. The molecule has 1 aliphatic rings. The molecule has 0 radical (unpaired) electrons. The van der Waals surface area contributed by atoms with E-state index < -0.39 is 0 Å². The van der Waals surface area contributed by atoms with E-state index in [2.05, 4.69) is 27.6 Å². The van der Waals surface area contributed by atoms with Gasteiger partial charge in [-0.05, 0) is 64.4 Å². The van der Waals surface area contributed by atoms with Gasteiger partial charge in [-0.15, -0.1) is 24.0 Å². The van der Waals surface area contributed by atoms with Crippen molar-refractivity contribution in [3.05, 3.63) is 24.3 Å². The van der Waals surface area contributed by atoms with Gasteiger partial charge in [0, 0.05) is 19.7 Å². The summed E-state index contributed by atoms with van der Waals surface area (Å²) in [6, 6.07) is 7.67. The fourth-order valence-electron chi connectivity index (χ4n) is 3.15. The predicted molar refractivity (Wildman–Crippen MR) is 123 cm³/mol. The Bertz CT molecular complexity index is 563. The first-order valence-corrected chi connectivity index (χ1v) is 9.54. The van der Waals surface area contributed by atoms with Gasteiger partial charge in [0.2, 0.25) is 0 Å². The summed E-state index contributed by atoms with van der Waals surface area (Å²) in [4.78, 5) is 6.71. The Morgan fingerprint density at radius 1 is 1.26 bits per heavy atom. The van der Waals surface area contributed by atoms with Gasteiger partial charge in [0.05, 0.1) is 13.7 Å². The summed E-state index contributed by atoms with van der Waals surface area (Å²) in [5.74, 6) is 3.27. The van der Waals surface area contributed by atoms with Crippen molar-refractivity contribution in [2.45, 2.75) is 32.3 Å². The number of hydrogen-bond acceptors (Lipinski definition) is 4. The van der Waals surface area contributed by atoms with Crippen LogP contribution in [-0.2, 0) is 0 Å². The van der Waals surface area contributed by atoms with Crippen molar-refractivity contribution in [2.75, 3.05) is 47.4 Å². The number of aliphatic imine (C=N–C) groups is 1. The zero-order chi connectivity index (χ0) is 18.8. The van der Waals surface area contributed by atoms with Crippen molar-refractivity contribution >= 4 is 29.9 Å². The molecule has 27 heavy (non-hydrogen) atoms. The minimum atomic E-state index is 0. The monoisotopic (exact) mass is 490 g/mol. The van der Waals surface area contributed by atoms with Crippen LogP contribution < -0.4 is 20.1 Å². The molecule has 1 aliphatic heterocycles. The highest BCUT2D eigenvalue weighted by Crippen LogP contribution is 2.20. The van der Waals surface area contributed by atoms with E-state index in [9.17, 15) is 0 Å². The maximum atomic E-state index is 5.93. The number of rotatable bonds is 8. The molecular formula is C20H35IN4O2. The third kappa shape index (κ3) is 9.01. The van der Waals surface area contributed by atoms with Gasteiger partial charge in [-0.2, -0.15) is 0 Å². The van der Waals surface area contributed by atoms with E-state index >= 15 is 0 Å². The molecule has 1 aromatic carbocycles. The molecule has 1 heterocycles. The molecule has 0 spiro atoms. The summed E-state index contributed by atoms with van der Waals surface area (Å²) < 4.78 is 11.2. The second kappa shape index (κ2) is 13.0. The van der Waals surface area contributed by atoms with Crippen molar-refractivity contribution in [1.29, 1.82) is 0 Å². The minimum Gasteiger partial charge on any atom is -0.497 e. The van der Waals surface area contributed by atoms with Crippen LogP contribution >= 0.6 is 24.0 Å². The van der Waals surface area contributed by atoms with E-state index in [0.29, 0.717) is 6.54 Å². The summed E-state index contributed by atoms with van der Waals surface area (Å²) in [7, 11) is 5.67. The lowest BCUT2D eigenvalue weighted by Gasteiger charge is -2.29. The van der Waals surface area contributed by atoms with E-state index in [1.807, 2.05) is 31.2 Å². The molecule has 0 amide bonds. The molecule has 7 heteroatoms. The molecule has 1 atom stereocenters. The molecule has 0 aliphatic carbocycles. The molecule has 6 nitrogen and oxygen atoms in total. The second-order valence-electron chi connectivity index (χ2n) is 7.02. The molecular weight excluding hydrogens is 455 g/mol. The second-order valence-corrected chi connectivity index (χ2v) is 7.02. The van der Waals surface area contributed by atoms with E-state index in [1.165, 1.54) is 32.4 Å². The smallest absolute Gasteiger partial charge is 0.191 e. The van der Waals surface area contributed by atoms with Crippen LogP contribution in [0.3, 0.4) is 0 Å². The predicted octanol–water partition coefficient (Wildman–Crippen LogP) is 2.98. The van der Waals surface area contributed by atoms with Gasteiger partial charge >= 0.3 is 0 Å². The van der Waals surface area contributed by atoms with E-state index in [0.717, 1.165) is 29.9 Å². The van der Waals surface area contributed by atoms with Crippen LogP contribution in [0.5, 0.6) is 11.5 Å². The molecule has 2 N–H and O–H groups in total. The van der Waals surface area contributed by atoms with E-state index in [-0.39, 0.29) is 30.1 Å². The number of hydrogen-bond donors (Lipinski definition) is 2. The fourth-order valence-corrected chi connectivity index (χ4v) is 3.15. The molecule has 1 aromatic rings. The van der Waals surface area contributed by atoms with Crippen LogP contribution in [0.25, 0.3) is 0 Å². The van der Waals surface area contributed by atoms with E-state index in [4.69, 9.17) is 9.47 Å². The van der Waals surface area contributed by atoms with Crippen LogP contribution in [0.1, 0.15) is 26.2 Å². The Balaban J connectivity index is 0.00000364. The topological polar surface area (TPSA) is 58.1 Å². The fraction of sp³-hybridized carbons (Fsp3) is 0.650. The number of likely N-dealkylation sites (tertiary alicyclic amines) is 1. The third-order valence-electron chi connectivity index (χ3n) is 4.84. The first-order chi connectivity index (χ1) is 12.6. The van der Waals surface area contributed by atoms with Gasteiger partial charge in [0.15, 0.2) is 5.96 Å². The minimum absolute atomic E-state index is 0. The summed E-state index contributed by atoms with van der Waals surface area (Å²) in [6.45, 7) is 6.12. The molecule has 0 saturated carbocycles. The first-order valence-electron chi connectivity index (χ1n) is 9.54. The van der Waals surface area contributed by atoms with Crippen molar-refractivity contribution in [3.8, 4) is 11.5 Å². The van der Waals surface area contributed by atoms with Crippen molar-refractivity contribution < 1.29 is 9.47 Å². The third-order valence-corrected chi connectivity index (χ3v) is 4.84. The van der Waals surface area contributed by atoms with Gasteiger partial charge in [-0.1, -0.05) is 6.07 Å². The Morgan fingerprint density at radius 2 is 1.96 bits per heavy atom. The normalized spacial score (nSPS) is 17.0. The molecule has 1 unspecified atom stereocenters. The zero-order valence-corrected chi connectivity index (χ0v) is 19.4. The van der Waals surface area contributed by atoms with Crippen molar-refractivity contribution in [3.63, 3.8) is 0 Å². The van der Waals surface area contributed by atoms with Gasteiger partial charge in [0.25, 0.3) is 0 Å². The van der Waals surface area contributed by atoms with Crippen LogP contribution in [-0.4, -0.2) is 64.3 Å². The summed E-state index contributed by atoms with van der Waals surface area (Å²) in [5, 5.41) is 6.75. The highest BCUT2D eigenvalue weighted by atomic mass is 127. The maximum Gasteiger partial charge on any atom is 0.191 e. The van der Waals surface area contributed by atoms with Gasteiger partial charge < -0.3 is 25.0 Å². The van der Waals surface area contributed by atoms with E-state index in [1.54, 1.807) is 14.2 Å². The maximum absolute atomic E-state index is 5.93. The Labute approximate surface area is 181 Å². The summed E-state index contributed by atoms with van der Waals surface area (Å²) >= 11 is 0. The molecule has 1 saturated heterocycles. The quantitative estimate of drug-likeness (QED) is 0.334. The summed E-state index contributed by atoms with van der Waals surface area (Å²) in [6.07, 6.45) is 3.82. The first kappa shape index (κ1) is 23.8. The molecule has 0 aromatic heterocycles. The molecule has 154 valence electrons. The molecule has 1 fully saturated rings.